The molecule has 3 aromatic rings. The highest BCUT2D eigenvalue weighted by atomic mass is 32.2. The summed E-state index contributed by atoms with van der Waals surface area (Å²) >= 11 is 0. The lowest BCUT2D eigenvalue weighted by Gasteiger charge is -2.32. The molecule has 1 aliphatic heterocycles. The fraction of sp³-hybridized carbons (Fsp3) is 0.519. The summed E-state index contributed by atoms with van der Waals surface area (Å²) in [5.74, 6) is -1.44. The van der Waals surface area contributed by atoms with Gasteiger partial charge in [0.15, 0.2) is 18.2 Å². The summed E-state index contributed by atoms with van der Waals surface area (Å²) in [4.78, 5) is 30.8. The molecule has 218 valence electrons. The Labute approximate surface area is 229 Å². The van der Waals surface area contributed by atoms with Crippen molar-refractivity contribution in [3.8, 4) is 11.6 Å². The van der Waals surface area contributed by atoms with Gasteiger partial charge >= 0.3 is 5.69 Å². The second-order valence-corrected chi connectivity index (χ2v) is 13.6. The quantitative estimate of drug-likeness (QED) is 0.377. The van der Waals surface area contributed by atoms with E-state index in [-0.39, 0.29) is 51.9 Å². The maximum absolute atomic E-state index is 15.0. The van der Waals surface area contributed by atoms with Crippen molar-refractivity contribution >= 4 is 26.7 Å². The van der Waals surface area contributed by atoms with Gasteiger partial charge in [-0.1, -0.05) is 6.92 Å². The highest BCUT2D eigenvalue weighted by molar-refractivity contribution is 7.91. The van der Waals surface area contributed by atoms with E-state index in [4.69, 9.17) is 4.74 Å². The largest absolute Gasteiger partial charge is 0.472 e. The van der Waals surface area contributed by atoms with Gasteiger partial charge in [-0.05, 0) is 57.2 Å². The summed E-state index contributed by atoms with van der Waals surface area (Å²) in [5.41, 5.74) is -2.21. The molecule has 0 spiro atoms. The smallest absolute Gasteiger partial charge is 0.334 e. The SMILES string of the molecule is CC(n1c(=O)n(-c2cc(OCC(F)F)ncc2F)c2ccc(C(=O)CC3(C)CCS(=O)(=O)CC3)cc21)C(C)(C)O. The van der Waals surface area contributed by atoms with E-state index in [0.717, 1.165) is 16.8 Å². The predicted octanol–water partition coefficient (Wildman–Crippen LogP) is 4.09. The normalized spacial score (nSPS) is 17.7. The molecule has 1 atom stereocenters. The van der Waals surface area contributed by atoms with Crippen LogP contribution in [0.5, 0.6) is 5.88 Å². The fourth-order valence-electron chi connectivity index (χ4n) is 4.82. The molecule has 0 saturated carbocycles. The summed E-state index contributed by atoms with van der Waals surface area (Å²) < 4.78 is 71.2. The van der Waals surface area contributed by atoms with Crippen molar-refractivity contribution in [2.45, 2.75) is 65.0 Å². The molecular weight excluding hydrogens is 551 g/mol. The number of aromatic nitrogens is 3. The minimum Gasteiger partial charge on any atom is -0.472 e. The number of carbonyl (C=O) groups excluding carboxylic acids is 1. The number of fused-ring (bicyclic) bond motifs is 1. The molecule has 3 heterocycles. The zero-order chi connectivity index (χ0) is 29.6. The molecule has 1 unspecified atom stereocenters. The third kappa shape index (κ3) is 6.09. The van der Waals surface area contributed by atoms with E-state index in [0.29, 0.717) is 12.8 Å². The lowest BCUT2D eigenvalue weighted by atomic mass is 9.78. The summed E-state index contributed by atoms with van der Waals surface area (Å²) in [6.07, 6.45) is -1.21. The Morgan fingerprint density at radius 2 is 1.85 bits per heavy atom. The van der Waals surface area contributed by atoms with Crippen LogP contribution in [0.25, 0.3) is 16.7 Å². The summed E-state index contributed by atoms with van der Waals surface area (Å²) in [7, 11) is -3.11. The van der Waals surface area contributed by atoms with Gasteiger partial charge in [-0.3, -0.25) is 13.9 Å². The van der Waals surface area contributed by atoms with Crippen molar-refractivity contribution in [3.05, 3.63) is 52.3 Å². The molecule has 40 heavy (non-hydrogen) atoms. The predicted molar refractivity (Wildman–Crippen MR) is 143 cm³/mol. The lowest BCUT2D eigenvalue weighted by Crippen LogP contribution is -2.37. The number of hydrogen-bond donors (Lipinski definition) is 1. The molecule has 0 bridgehead atoms. The number of ketones is 1. The fourth-order valence-corrected chi connectivity index (χ4v) is 6.63. The van der Waals surface area contributed by atoms with Crippen molar-refractivity contribution < 1.29 is 36.2 Å². The van der Waals surface area contributed by atoms with Crippen LogP contribution in [0.4, 0.5) is 13.2 Å². The molecule has 0 amide bonds. The van der Waals surface area contributed by atoms with Crippen molar-refractivity contribution in [2.24, 2.45) is 5.41 Å². The van der Waals surface area contributed by atoms with Gasteiger partial charge in [0.1, 0.15) is 9.84 Å². The van der Waals surface area contributed by atoms with Gasteiger partial charge in [0.2, 0.25) is 5.88 Å². The van der Waals surface area contributed by atoms with Gasteiger partial charge in [0.25, 0.3) is 6.43 Å². The Morgan fingerprint density at radius 3 is 2.45 bits per heavy atom. The Balaban J connectivity index is 1.82. The first kappa shape index (κ1) is 29.8. The van der Waals surface area contributed by atoms with Gasteiger partial charge in [-0.25, -0.2) is 31.4 Å². The molecule has 0 radical (unpaired) electrons. The van der Waals surface area contributed by atoms with Gasteiger partial charge < -0.3 is 9.84 Å². The average Bonchev–Trinajstić information content (AvgIpc) is 3.15. The second kappa shape index (κ2) is 10.7. The number of sulfone groups is 1. The molecule has 1 saturated heterocycles. The monoisotopic (exact) mass is 583 g/mol. The van der Waals surface area contributed by atoms with Crippen LogP contribution < -0.4 is 10.4 Å². The number of nitrogens with zero attached hydrogens (tertiary/aromatic N) is 3. The van der Waals surface area contributed by atoms with Crippen LogP contribution in [0.2, 0.25) is 0 Å². The van der Waals surface area contributed by atoms with Crippen molar-refractivity contribution in [2.75, 3.05) is 18.1 Å². The van der Waals surface area contributed by atoms with Crippen molar-refractivity contribution in [1.82, 2.24) is 14.1 Å². The van der Waals surface area contributed by atoms with Gasteiger partial charge in [0.05, 0.1) is 46.1 Å². The standard InChI is InChI=1S/C27H32F3N3O6S/c1-16(26(2,3)36)32-21-11-17(22(34)13-27(4)7-9-40(37,38)10-8-27)5-6-19(21)33(25(32)35)20-12-24(31-14-18(20)28)39-15-23(29)30/h5-6,11-12,14,16,23,36H,7-10,13,15H2,1-4H3. The molecule has 1 fully saturated rings. The van der Waals surface area contributed by atoms with E-state index in [9.17, 15) is 36.3 Å². The van der Waals surface area contributed by atoms with Gasteiger partial charge in [-0.15, -0.1) is 0 Å². The molecule has 1 N–H and O–H groups in total. The molecule has 4 rings (SSSR count). The number of imidazole rings is 1. The Hall–Kier alpha value is -3.19. The van der Waals surface area contributed by atoms with E-state index in [2.05, 4.69) is 4.98 Å². The topological polar surface area (TPSA) is 120 Å². The van der Waals surface area contributed by atoms with E-state index in [1.165, 1.54) is 36.6 Å². The van der Waals surface area contributed by atoms with Crippen LogP contribution in [0.1, 0.15) is 63.4 Å². The second-order valence-electron chi connectivity index (χ2n) is 11.3. The van der Waals surface area contributed by atoms with E-state index in [1.54, 1.807) is 6.92 Å². The van der Waals surface area contributed by atoms with Crippen molar-refractivity contribution in [3.63, 3.8) is 0 Å². The first-order chi connectivity index (χ1) is 18.5. The molecule has 13 heteroatoms. The van der Waals surface area contributed by atoms with Crippen LogP contribution in [0.3, 0.4) is 0 Å². The Morgan fingerprint density at radius 1 is 1.20 bits per heavy atom. The molecule has 1 aromatic carbocycles. The van der Waals surface area contributed by atoms with Gasteiger partial charge in [-0.2, -0.15) is 0 Å². The Kier molecular flexibility index (Phi) is 7.94. The maximum Gasteiger partial charge on any atom is 0.334 e. The number of pyridine rings is 1. The van der Waals surface area contributed by atoms with Crippen molar-refractivity contribution in [1.29, 1.82) is 0 Å². The number of benzene rings is 1. The van der Waals surface area contributed by atoms with Crippen LogP contribution in [0, 0.1) is 11.2 Å². The number of hydrogen-bond acceptors (Lipinski definition) is 7. The van der Waals surface area contributed by atoms with E-state index in [1.807, 2.05) is 6.92 Å². The Bertz CT molecular complexity index is 1590. The highest BCUT2D eigenvalue weighted by Gasteiger charge is 2.36. The average molecular weight is 584 g/mol. The minimum absolute atomic E-state index is 0.0157. The van der Waals surface area contributed by atoms with E-state index >= 15 is 0 Å². The molecule has 0 aliphatic carbocycles. The highest BCUT2D eigenvalue weighted by Crippen LogP contribution is 2.37. The molecule has 1 aliphatic rings. The van der Waals surface area contributed by atoms with Gasteiger partial charge in [0, 0.05) is 18.1 Å². The van der Waals surface area contributed by atoms with E-state index < -0.39 is 51.4 Å². The number of alkyl halides is 2. The number of Topliss-reactive ketones (excluding diaryl/α,β-unsaturated/α-hetero) is 1. The number of aliphatic hydroxyl groups is 1. The molecule has 9 nitrogen and oxygen atoms in total. The van der Waals surface area contributed by atoms with Crippen LogP contribution in [-0.2, 0) is 9.84 Å². The first-order valence-electron chi connectivity index (χ1n) is 12.8. The third-order valence-electron chi connectivity index (χ3n) is 7.63. The number of halogens is 3. The molecule has 2 aromatic heterocycles. The van der Waals surface area contributed by atoms with Crippen LogP contribution in [-0.4, -0.2) is 63.6 Å². The minimum atomic E-state index is -3.11. The summed E-state index contributed by atoms with van der Waals surface area (Å²) in [6.45, 7) is 5.51. The maximum atomic E-state index is 15.0. The summed E-state index contributed by atoms with van der Waals surface area (Å²) in [6, 6.07) is 4.68. The zero-order valence-corrected chi connectivity index (χ0v) is 23.5. The number of carbonyl (C=O) groups is 1. The number of rotatable bonds is 9. The van der Waals surface area contributed by atoms with Crippen LogP contribution in [0.15, 0.2) is 35.3 Å². The lowest BCUT2D eigenvalue weighted by molar-refractivity contribution is 0.0307. The molecular formula is C27H32F3N3O6S. The van der Waals surface area contributed by atoms with Crippen LogP contribution >= 0.6 is 0 Å². The zero-order valence-electron chi connectivity index (χ0n) is 22.7. The first-order valence-corrected chi connectivity index (χ1v) is 14.6. The number of ether oxygens (including phenoxy) is 1. The third-order valence-corrected chi connectivity index (χ3v) is 9.29. The summed E-state index contributed by atoms with van der Waals surface area (Å²) in [5, 5.41) is 10.7.